The maximum atomic E-state index is 13.3. The highest BCUT2D eigenvalue weighted by molar-refractivity contribution is 7.22. The van der Waals surface area contributed by atoms with Gasteiger partial charge in [-0.15, -0.1) is 0 Å². The van der Waals surface area contributed by atoms with Gasteiger partial charge in [0.15, 0.2) is 5.13 Å². The number of nitro groups is 1. The van der Waals surface area contributed by atoms with Gasteiger partial charge in [0.25, 0.3) is 11.5 Å². The number of hydrogen-bond donors (Lipinski definition) is 1. The summed E-state index contributed by atoms with van der Waals surface area (Å²) in [6.45, 7) is 1.93. The molecule has 1 saturated heterocycles. The summed E-state index contributed by atoms with van der Waals surface area (Å²) in [5.74, 6) is -1.63. The van der Waals surface area contributed by atoms with Crippen LogP contribution >= 0.6 is 11.3 Å². The number of ketones is 1. The third-order valence-corrected chi connectivity index (χ3v) is 6.96. The van der Waals surface area contributed by atoms with Crippen LogP contribution in [0.1, 0.15) is 22.7 Å². The van der Waals surface area contributed by atoms with Crippen LogP contribution in [0.15, 0.2) is 72.3 Å². The van der Waals surface area contributed by atoms with E-state index in [0.717, 1.165) is 10.3 Å². The van der Waals surface area contributed by atoms with E-state index in [0.29, 0.717) is 22.4 Å². The number of carbonyl (C=O) groups is 2. The van der Waals surface area contributed by atoms with Crippen molar-refractivity contribution in [1.82, 2.24) is 4.98 Å². The number of methoxy groups -OCH3 is 1. The largest absolute Gasteiger partial charge is 0.507 e. The fourth-order valence-electron chi connectivity index (χ4n) is 4.18. The van der Waals surface area contributed by atoms with Crippen LogP contribution in [0.3, 0.4) is 0 Å². The van der Waals surface area contributed by atoms with Crippen molar-refractivity contribution in [3.63, 3.8) is 0 Å². The Balaban J connectivity index is 1.73. The van der Waals surface area contributed by atoms with E-state index in [9.17, 15) is 24.8 Å². The zero-order valence-corrected chi connectivity index (χ0v) is 20.0. The molecule has 1 unspecified atom stereocenters. The summed E-state index contributed by atoms with van der Waals surface area (Å²) in [6.07, 6.45) is 0. The summed E-state index contributed by atoms with van der Waals surface area (Å²) in [5.41, 5.74) is 1.87. The summed E-state index contributed by atoms with van der Waals surface area (Å²) >= 11 is 1.23. The molecule has 0 spiro atoms. The second kappa shape index (κ2) is 8.90. The smallest absolute Gasteiger partial charge is 0.301 e. The van der Waals surface area contributed by atoms with E-state index in [1.54, 1.807) is 30.3 Å². The third-order valence-electron chi connectivity index (χ3n) is 5.94. The van der Waals surface area contributed by atoms with Crippen LogP contribution in [0.25, 0.3) is 16.0 Å². The van der Waals surface area contributed by atoms with Gasteiger partial charge in [-0.2, -0.15) is 0 Å². The maximum Gasteiger partial charge on any atom is 0.301 e. The number of aromatic nitrogens is 1. The predicted octanol–water partition coefficient (Wildman–Crippen LogP) is 5.15. The van der Waals surface area contributed by atoms with Gasteiger partial charge in [0.05, 0.1) is 33.9 Å². The molecule has 1 aromatic heterocycles. The number of aliphatic hydroxyl groups excluding tert-OH is 1. The number of aliphatic hydroxyl groups is 1. The standard InChI is InChI=1S/C26H19N3O6S/c1-14-6-11-19-20(12-14)36-26(27-19)28-22(16-4-3-5-17(13-16)29(33)34)21(24(31)25(28)32)23(30)15-7-9-18(35-2)10-8-15/h3-13,22,30H,1-2H3. The number of anilines is 1. The van der Waals surface area contributed by atoms with E-state index >= 15 is 0 Å². The molecular weight excluding hydrogens is 482 g/mol. The monoisotopic (exact) mass is 501 g/mol. The molecule has 0 radical (unpaired) electrons. The third kappa shape index (κ3) is 3.87. The number of nitrogens with zero attached hydrogens (tertiary/aromatic N) is 3. The normalized spacial score (nSPS) is 17.1. The van der Waals surface area contributed by atoms with Crippen LogP contribution in [0, 0.1) is 17.0 Å². The van der Waals surface area contributed by atoms with Gasteiger partial charge in [0.1, 0.15) is 11.5 Å². The lowest BCUT2D eigenvalue weighted by Crippen LogP contribution is -2.29. The summed E-state index contributed by atoms with van der Waals surface area (Å²) in [5, 5.41) is 22.9. The van der Waals surface area contributed by atoms with Crippen molar-refractivity contribution in [3.8, 4) is 5.75 Å². The van der Waals surface area contributed by atoms with Gasteiger partial charge in [0, 0.05) is 17.7 Å². The highest BCUT2D eigenvalue weighted by Gasteiger charge is 2.48. The molecule has 1 aliphatic rings. The van der Waals surface area contributed by atoms with E-state index in [1.807, 2.05) is 25.1 Å². The molecular formula is C26H19N3O6S. The van der Waals surface area contributed by atoms with Gasteiger partial charge in [-0.25, -0.2) is 4.98 Å². The first-order valence-electron chi connectivity index (χ1n) is 10.9. The second-order valence-corrected chi connectivity index (χ2v) is 9.23. The van der Waals surface area contributed by atoms with Crippen molar-refractivity contribution in [3.05, 3.63) is 99.1 Å². The molecule has 5 rings (SSSR count). The van der Waals surface area contributed by atoms with Gasteiger partial charge >= 0.3 is 5.91 Å². The minimum Gasteiger partial charge on any atom is -0.507 e. The zero-order valence-electron chi connectivity index (χ0n) is 19.2. The number of hydrogen-bond acceptors (Lipinski definition) is 8. The predicted molar refractivity (Wildman–Crippen MR) is 135 cm³/mol. The number of nitro benzene ring substituents is 1. The molecule has 2 heterocycles. The Morgan fingerprint density at radius 2 is 1.86 bits per heavy atom. The number of benzene rings is 3. The van der Waals surface area contributed by atoms with Crippen LogP contribution in [-0.4, -0.2) is 33.8 Å². The molecule has 36 heavy (non-hydrogen) atoms. The average Bonchev–Trinajstić information content (AvgIpc) is 3.41. The number of amides is 1. The molecule has 3 aromatic carbocycles. The molecule has 1 amide bonds. The summed E-state index contributed by atoms with van der Waals surface area (Å²) in [6, 6.07) is 16.5. The number of carbonyl (C=O) groups excluding carboxylic acids is 2. The SMILES string of the molecule is COc1ccc(C(O)=C2C(=O)C(=O)N(c3nc4ccc(C)cc4s3)C2c2cccc([N+](=O)[O-])c2)cc1. The summed E-state index contributed by atoms with van der Waals surface area (Å²) in [4.78, 5) is 43.3. The first-order chi connectivity index (χ1) is 17.3. The minimum atomic E-state index is -1.12. The van der Waals surface area contributed by atoms with Gasteiger partial charge in [-0.1, -0.05) is 29.5 Å². The molecule has 0 bridgehead atoms. The number of thiazole rings is 1. The van der Waals surface area contributed by atoms with Crippen molar-refractivity contribution in [2.45, 2.75) is 13.0 Å². The van der Waals surface area contributed by atoms with Crippen LogP contribution in [0.2, 0.25) is 0 Å². The highest BCUT2D eigenvalue weighted by Crippen LogP contribution is 2.45. The topological polar surface area (TPSA) is 123 Å². The number of aryl methyl sites for hydroxylation is 1. The fraction of sp³-hybridized carbons (Fsp3) is 0.115. The molecule has 9 nitrogen and oxygen atoms in total. The van der Waals surface area contributed by atoms with Gasteiger partial charge < -0.3 is 9.84 Å². The van der Waals surface area contributed by atoms with E-state index in [2.05, 4.69) is 4.98 Å². The Hall–Kier alpha value is -4.57. The Bertz CT molecular complexity index is 1570. The molecule has 1 aliphatic heterocycles. The average molecular weight is 502 g/mol. The highest BCUT2D eigenvalue weighted by atomic mass is 32.1. The van der Waals surface area contributed by atoms with E-state index in [-0.39, 0.29) is 16.4 Å². The van der Waals surface area contributed by atoms with Crippen LogP contribution in [-0.2, 0) is 9.59 Å². The molecule has 1 atom stereocenters. The fourth-order valence-corrected chi connectivity index (χ4v) is 5.27. The first kappa shape index (κ1) is 23.2. The lowest BCUT2D eigenvalue weighted by atomic mass is 9.95. The van der Waals surface area contributed by atoms with Crippen molar-refractivity contribution in [2.75, 3.05) is 12.0 Å². The summed E-state index contributed by atoms with van der Waals surface area (Å²) in [7, 11) is 1.50. The van der Waals surface area contributed by atoms with Gasteiger partial charge in [-0.05, 0) is 54.4 Å². The van der Waals surface area contributed by atoms with E-state index < -0.39 is 28.4 Å². The lowest BCUT2D eigenvalue weighted by molar-refractivity contribution is -0.384. The van der Waals surface area contributed by atoms with Crippen LogP contribution < -0.4 is 9.64 Å². The lowest BCUT2D eigenvalue weighted by Gasteiger charge is -2.22. The Morgan fingerprint density at radius 3 is 2.56 bits per heavy atom. The van der Waals surface area contributed by atoms with Crippen molar-refractivity contribution >= 4 is 49.8 Å². The number of non-ortho nitro benzene ring substituents is 1. The second-order valence-electron chi connectivity index (χ2n) is 8.22. The van der Waals surface area contributed by atoms with Crippen molar-refractivity contribution < 1.29 is 24.4 Å². The van der Waals surface area contributed by atoms with Gasteiger partial charge in [0.2, 0.25) is 0 Å². The molecule has 0 aliphatic carbocycles. The zero-order chi connectivity index (χ0) is 25.6. The Labute approximate surface area is 209 Å². The molecule has 0 saturated carbocycles. The van der Waals surface area contributed by atoms with Crippen molar-refractivity contribution in [1.29, 1.82) is 0 Å². The Morgan fingerprint density at radius 1 is 1.11 bits per heavy atom. The summed E-state index contributed by atoms with van der Waals surface area (Å²) < 4.78 is 5.97. The molecule has 10 heteroatoms. The van der Waals surface area contributed by atoms with E-state index in [4.69, 9.17) is 4.74 Å². The number of Topliss-reactive ketones (excluding diaryl/α,β-unsaturated/α-hetero) is 1. The number of fused-ring (bicyclic) bond motifs is 1. The number of ether oxygens (including phenoxy) is 1. The Kier molecular flexibility index (Phi) is 5.73. The quantitative estimate of drug-likeness (QED) is 0.132. The van der Waals surface area contributed by atoms with Crippen LogP contribution in [0.5, 0.6) is 5.75 Å². The number of rotatable bonds is 5. The molecule has 4 aromatic rings. The van der Waals surface area contributed by atoms with Crippen LogP contribution in [0.4, 0.5) is 10.8 Å². The minimum absolute atomic E-state index is 0.180. The first-order valence-corrected chi connectivity index (χ1v) is 11.7. The van der Waals surface area contributed by atoms with Gasteiger partial charge in [-0.3, -0.25) is 24.6 Å². The van der Waals surface area contributed by atoms with E-state index in [1.165, 1.54) is 41.5 Å². The molecule has 1 fully saturated rings. The molecule has 1 N–H and O–H groups in total. The maximum absolute atomic E-state index is 13.3. The molecule has 180 valence electrons. The van der Waals surface area contributed by atoms with Crippen molar-refractivity contribution in [2.24, 2.45) is 0 Å².